The Morgan fingerprint density at radius 2 is 2.08 bits per heavy atom. The van der Waals surface area contributed by atoms with E-state index < -0.39 is 0 Å². The molecule has 1 aliphatic carbocycles. The van der Waals surface area contributed by atoms with E-state index in [1.807, 2.05) is 34.4 Å². The molecule has 0 radical (unpaired) electrons. The second kappa shape index (κ2) is 7.32. The Morgan fingerprint density at radius 3 is 2.67 bits per heavy atom. The normalized spacial score (nSPS) is 14.1. The maximum Gasteiger partial charge on any atom is 0.199 e. The van der Waals surface area contributed by atoms with Gasteiger partial charge in [0, 0.05) is 19.1 Å². The molecule has 5 nitrogen and oxygen atoms in total. The third kappa shape index (κ3) is 3.76. The molecule has 1 aromatic heterocycles. The Balaban J connectivity index is 1.76. The second-order valence-corrected chi connectivity index (χ2v) is 6.56. The van der Waals surface area contributed by atoms with Crippen LogP contribution in [0.1, 0.15) is 24.2 Å². The van der Waals surface area contributed by atoms with Crippen LogP contribution >= 0.6 is 12.2 Å². The molecule has 24 heavy (non-hydrogen) atoms. The summed E-state index contributed by atoms with van der Waals surface area (Å²) in [7, 11) is 1.69. The molecule has 6 heteroatoms. The van der Waals surface area contributed by atoms with E-state index in [0.29, 0.717) is 12.6 Å². The van der Waals surface area contributed by atoms with Crippen LogP contribution in [0.3, 0.4) is 0 Å². The minimum Gasteiger partial charge on any atom is -0.497 e. The summed E-state index contributed by atoms with van der Waals surface area (Å²) < 4.78 is 9.93. The monoisotopic (exact) mass is 344 g/mol. The van der Waals surface area contributed by atoms with Gasteiger partial charge in [-0.2, -0.15) is 5.10 Å². The van der Waals surface area contributed by atoms with Gasteiger partial charge in [0.2, 0.25) is 0 Å². The standard InChI is InChI=1S/C18H24N4OS/c1-4-11-21-14(2)19-22(18(21)24)13-20(16-7-8-16)12-15-5-9-17(23-3)10-6-15/h4-6,9-10,16H,1,7-8,11-13H2,2-3H3. The van der Waals surface area contributed by atoms with E-state index in [-0.39, 0.29) is 0 Å². The quantitative estimate of drug-likeness (QED) is 0.542. The van der Waals surface area contributed by atoms with E-state index in [2.05, 4.69) is 28.7 Å². The number of allylic oxidation sites excluding steroid dienone is 1. The van der Waals surface area contributed by atoms with Gasteiger partial charge in [-0.3, -0.25) is 4.90 Å². The lowest BCUT2D eigenvalue weighted by atomic mass is 10.2. The van der Waals surface area contributed by atoms with Crippen LogP contribution in [0.5, 0.6) is 5.75 Å². The van der Waals surface area contributed by atoms with E-state index in [1.165, 1.54) is 18.4 Å². The molecule has 1 fully saturated rings. The summed E-state index contributed by atoms with van der Waals surface area (Å²) in [5.41, 5.74) is 1.27. The van der Waals surface area contributed by atoms with Crippen LogP contribution in [0.15, 0.2) is 36.9 Å². The summed E-state index contributed by atoms with van der Waals surface area (Å²) >= 11 is 5.57. The zero-order valence-electron chi connectivity index (χ0n) is 14.3. The van der Waals surface area contributed by atoms with Gasteiger partial charge in [-0.25, -0.2) is 4.68 Å². The smallest absolute Gasteiger partial charge is 0.199 e. The molecule has 0 bridgehead atoms. The molecule has 1 aliphatic rings. The van der Waals surface area contributed by atoms with Crippen molar-refractivity contribution >= 4 is 12.2 Å². The highest BCUT2D eigenvalue weighted by Crippen LogP contribution is 2.29. The third-order valence-electron chi connectivity index (χ3n) is 4.34. The van der Waals surface area contributed by atoms with E-state index >= 15 is 0 Å². The van der Waals surface area contributed by atoms with Crippen molar-refractivity contribution < 1.29 is 4.74 Å². The third-order valence-corrected chi connectivity index (χ3v) is 4.77. The Morgan fingerprint density at radius 1 is 1.38 bits per heavy atom. The number of aromatic nitrogens is 3. The fourth-order valence-corrected chi connectivity index (χ4v) is 3.16. The number of benzene rings is 1. The molecule has 0 unspecified atom stereocenters. The number of ether oxygens (including phenoxy) is 1. The van der Waals surface area contributed by atoms with E-state index in [0.717, 1.165) is 29.6 Å². The van der Waals surface area contributed by atoms with Crippen molar-refractivity contribution in [3.8, 4) is 5.75 Å². The van der Waals surface area contributed by atoms with Gasteiger partial charge < -0.3 is 9.30 Å². The lowest BCUT2D eigenvalue weighted by molar-refractivity contribution is 0.186. The van der Waals surface area contributed by atoms with Crippen molar-refractivity contribution in [2.45, 2.75) is 45.6 Å². The molecule has 0 amide bonds. The second-order valence-electron chi connectivity index (χ2n) is 6.20. The van der Waals surface area contributed by atoms with Crippen molar-refractivity contribution in [2.75, 3.05) is 7.11 Å². The Kier molecular flexibility index (Phi) is 5.16. The predicted molar refractivity (Wildman–Crippen MR) is 97.5 cm³/mol. The lowest BCUT2D eigenvalue weighted by Gasteiger charge is -2.22. The summed E-state index contributed by atoms with van der Waals surface area (Å²) in [4.78, 5) is 2.45. The van der Waals surface area contributed by atoms with Crippen LogP contribution in [0.25, 0.3) is 0 Å². The summed E-state index contributed by atoms with van der Waals surface area (Å²) in [6.45, 7) is 8.09. The SMILES string of the molecule is C=CCn1c(C)nn(CN(Cc2ccc(OC)cc2)C2CC2)c1=S. The van der Waals surface area contributed by atoms with Crippen molar-refractivity contribution in [3.63, 3.8) is 0 Å². The molecule has 128 valence electrons. The molecule has 2 aromatic rings. The molecule has 0 spiro atoms. The van der Waals surface area contributed by atoms with Crippen LogP contribution in [0.2, 0.25) is 0 Å². The zero-order chi connectivity index (χ0) is 17.1. The van der Waals surface area contributed by atoms with Crippen LogP contribution in [-0.2, 0) is 19.8 Å². The molecule has 1 saturated carbocycles. The zero-order valence-corrected chi connectivity index (χ0v) is 15.1. The molecule has 0 N–H and O–H groups in total. The highest BCUT2D eigenvalue weighted by atomic mass is 32.1. The minimum absolute atomic E-state index is 0.624. The van der Waals surface area contributed by atoms with E-state index in [1.54, 1.807) is 7.11 Å². The summed E-state index contributed by atoms with van der Waals surface area (Å²) in [5, 5.41) is 4.61. The van der Waals surface area contributed by atoms with Crippen LogP contribution < -0.4 is 4.74 Å². The van der Waals surface area contributed by atoms with Crippen molar-refractivity contribution in [2.24, 2.45) is 0 Å². The van der Waals surface area contributed by atoms with E-state index in [9.17, 15) is 0 Å². The van der Waals surface area contributed by atoms with E-state index in [4.69, 9.17) is 17.0 Å². The van der Waals surface area contributed by atoms with Gasteiger partial charge in [0.25, 0.3) is 0 Å². The number of nitrogens with zero attached hydrogens (tertiary/aromatic N) is 4. The highest BCUT2D eigenvalue weighted by Gasteiger charge is 2.29. The fourth-order valence-electron chi connectivity index (χ4n) is 2.85. The number of aryl methyl sites for hydroxylation is 1. The Labute approximate surface area is 148 Å². The molecule has 0 saturated heterocycles. The summed E-state index contributed by atoms with van der Waals surface area (Å²) in [6, 6.07) is 8.88. The summed E-state index contributed by atoms with van der Waals surface area (Å²) in [6.07, 6.45) is 4.34. The number of hydrogen-bond acceptors (Lipinski definition) is 4. The van der Waals surface area contributed by atoms with Crippen molar-refractivity contribution in [1.82, 2.24) is 19.2 Å². The molecule has 1 aromatic carbocycles. The van der Waals surface area contributed by atoms with Crippen LogP contribution in [-0.4, -0.2) is 32.4 Å². The summed E-state index contributed by atoms with van der Waals surface area (Å²) in [5.74, 6) is 1.82. The van der Waals surface area contributed by atoms with Crippen LogP contribution in [0, 0.1) is 11.7 Å². The maximum absolute atomic E-state index is 5.57. The maximum atomic E-state index is 5.57. The Hall–Kier alpha value is -1.92. The van der Waals surface area contributed by atoms with Gasteiger partial charge in [0.05, 0.1) is 13.8 Å². The average molecular weight is 344 g/mol. The van der Waals surface area contributed by atoms with Gasteiger partial charge >= 0.3 is 0 Å². The molecule has 0 atom stereocenters. The fraction of sp³-hybridized carbons (Fsp3) is 0.444. The first-order valence-electron chi connectivity index (χ1n) is 8.24. The van der Waals surface area contributed by atoms with Crippen molar-refractivity contribution in [1.29, 1.82) is 0 Å². The number of rotatable bonds is 8. The molecular weight excluding hydrogens is 320 g/mol. The first-order chi connectivity index (χ1) is 11.6. The number of hydrogen-bond donors (Lipinski definition) is 0. The van der Waals surface area contributed by atoms with Gasteiger partial charge in [0.15, 0.2) is 4.77 Å². The van der Waals surface area contributed by atoms with Gasteiger partial charge in [-0.15, -0.1) is 6.58 Å². The Bertz CT molecular complexity index is 758. The van der Waals surface area contributed by atoms with Crippen molar-refractivity contribution in [3.05, 3.63) is 53.1 Å². The molecule has 3 rings (SSSR count). The highest BCUT2D eigenvalue weighted by molar-refractivity contribution is 7.71. The van der Waals surface area contributed by atoms with Crippen LogP contribution in [0.4, 0.5) is 0 Å². The van der Waals surface area contributed by atoms with Gasteiger partial charge in [-0.1, -0.05) is 18.2 Å². The topological polar surface area (TPSA) is 35.2 Å². The molecule has 0 aliphatic heterocycles. The first-order valence-corrected chi connectivity index (χ1v) is 8.65. The largest absolute Gasteiger partial charge is 0.497 e. The molecule has 1 heterocycles. The number of methoxy groups -OCH3 is 1. The van der Waals surface area contributed by atoms with Gasteiger partial charge in [0.1, 0.15) is 11.6 Å². The predicted octanol–water partition coefficient (Wildman–Crippen LogP) is 3.54. The minimum atomic E-state index is 0.624. The first kappa shape index (κ1) is 16.9. The van der Waals surface area contributed by atoms with Gasteiger partial charge in [-0.05, 0) is 49.7 Å². The average Bonchev–Trinajstić information content (AvgIpc) is 3.39. The molecular formula is C18H24N4OS. The lowest BCUT2D eigenvalue weighted by Crippen LogP contribution is -2.29.